The summed E-state index contributed by atoms with van der Waals surface area (Å²) in [6.45, 7) is 13.5. The molecule has 2 fully saturated rings. The van der Waals surface area contributed by atoms with Crippen molar-refractivity contribution in [3.8, 4) is 0 Å². The normalized spacial score (nSPS) is 20.5. The summed E-state index contributed by atoms with van der Waals surface area (Å²) < 4.78 is 28.5. The van der Waals surface area contributed by atoms with Gasteiger partial charge >= 0.3 is 0 Å². The van der Waals surface area contributed by atoms with Crippen molar-refractivity contribution in [2.24, 2.45) is 11.8 Å². The first-order valence-corrected chi connectivity index (χ1v) is 15.5. The molecule has 1 amide bonds. The molecule has 212 valence electrons. The van der Waals surface area contributed by atoms with Gasteiger partial charge in [-0.15, -0.1) is 0 Å². The van der Waals surface area contributed by atoms with Crippen LogP contribution in [0, 0.1) is 11.8 Å². The predicted molar refractivity (Wildman–Crippen MR) is 157 cm³/mol. The van der Waals surface area contributed by atoms with E-state index in [0.29, 0.717) is 17.7 Å². The maximum absolute atomic E-state index is 13.8. The first-order valence-electron chi connectivity index (χ1n) is 14.0. The van der Waals surface area contributed by atoms with Gasteiger partial charge in [0.05, 0.1) is 11.3 Å². The lowest BCUT2D eigenvalue weighted by molar-refractivity contribution is 0.0981. The van der Waals surface area contributed by atoms with Crippen LogP contribution < -0.4 is 15.4 Å². The van der Waals surface area contributed by atoms with E-state index in [1.54, 1.807) is 0 Å². The molecule has 4 rings (SSSR count). The van der Waals surface area contributed by atoms with E-state index < -0.39 is 15.9 Å². The number of hydrogen-bond acceptors (Lipinski definition) is 7. The number of rotatable bonds is 6. The third kappa shape index (κ3) is 6.62. The zero-order chi connectivity index (χ0) is 28.6. The Morgan fingerprint density at radius 2 is 1.85 bits per heavy atom. The van der Waals surface area contributed by atoms with Crippen LogP contribution in [-0.2, 0) is 15.4 Å². The van der Waals surface area contributed by atoms with E-state index in [9.17, 15) is 13.2 Å². The van der Waals surface area contributed by atoms with Gasteiger partial charge in [0, 0.05) is 17.5 Å². The Hall–Kier alpha value is -2.94. The van der Waals surface area contributed by atoms with Crippen molar-refractivity contribution in [3.63, 3.8) is 0 Å². The summed E-state index contributed by atoms with van der Waals surface area (Å²) in [6.07, 6.45) is 11.3. The zero-order valence-electron chi connectivity index (χ0n) is 24.1. The molecule has 1 saturated heterocycles. The molecule has 0 unspecified atom stereocenters. The number of anilines is 2. The molecule has 1 atom stereocenters. The van der Waals surface area contributed by atoms with E-state index >= 15 is 0 Å². The summed E-state index contributed by atoms with van der Waals surface area (Å²) in [7, 11) is -4.25. The fraction of sp³-hybridized carbons (Fsp3) is 0.567. The van der Waals surface area contributed by atoms with Gasteiger partial charge in [-0.25, -0.2) is 14.7 Å². The summed E-state index contributed by atoms with van der Waals surface area (Å²) in [5, 5.41) is -0.302. The number of pyridine rings is 2. The van der Waals surface area contributed by atoms with Crippen LogP contribution in [-0.4, -0.2) is 36.4 Å². The number of nitrogens with two attached hydrogens (primary N) is 1. The second-order valence-electron chi connectivity index (χ2n) is 12.9. The van der Waals surface area contributed by atoms with Crippen LogP contribution in [0.4, 0.5) is 11.6 Å². The number of carbonyl (C=O) groups excluding carboxylic acids is 1. The molecule has 1 aliphatic heterocycles. The van der Waals surface area contributed by atoms with Gasteiger partial charge in [-0.3, -0.25) is 4.79 Å². The number of nitrogens with one attached hydrogen (secondary N) is 1. The minimum atomic E-state index is -4.25. The zero-order valence-corrected chi connectivity index (χ0v) is 24.9. The Bertz CT molecular complexity index is 1360. The van der Waals surface area contributed by atoms with Crippen LogP contribution in [0.2, 0.25) is 0 Å². The summed E-state index contributed by atoms with van der Waals surface area (Å²) in [5.74, 6) is 0.742. The summed E-state index contributed by atoms with van der Waals surface area (Å²) >= 11 is 0. The third-order valence-corrected chi connectivity index (χ3v) is 8.99. The Balaban J connectivity index is 1.83. The molecule has 3 heterocycles. The van der Waals surface area contributed by atoms with Crippen LogP contribution in [0.3, 0.4) is 0 Å². The third-order valence-electron chi connectivity index (χ3n) is 7.76. The number of amides is 1. The molecule has 0 aromatic carbocycles. The van der Waals surface area contributed by atoms with Crippen LogP contribution in [0.15, 0.2) is 35.4 Å². The first-order chi connectivity index (χ1) is 18.2. The molecule has 2 aromatic rings. The highest BCUT2D eigenvalue weighted by Crippen LogP contribution is 2.40. The van der Waals surface area contributed by atoms with Crippen LogP contribution in [0.1, 0.15) is 102 Å². The maximum atomic E-state index is 13.8. The number of carbonyl (C=O) groups is 1. The van der Waals surface area contributed by atoms with E-state index in [1.165, 1.54) is 37.5 Å². The highest BCUT2D eigenvalue weighted by molar-refractivity contribution is 7.90. The number of hydrogen-bond donors (Lipinski definition) is 2. The number of allylic oxidation sites excluding steroid dienone is 1. The maximum Gasteiger partial charge on any atom is 0.281 e. The fourth-order valence-electron chi connectivity index (χ4n) is 5.96. The lowest BCUT2D eigenvalue weighted by atomic mass is 9.85. The summed E-state index contributed by atoms with van der Waals surface area (Å²) in [5.41, 5.74) is 7.13. The van der Waals surface area contributed by atoms with Crippen molar-refractivity contribution in [2.45, 2.75) is 96.0 Å². The predicted octanol–water partition coefficient (Wildman–Crippen LogP) is 5.69. The Morgan fingerprint density at radius 1 is 1.15 bits per heavy atom. The largest absolute Gasteiger partial charge is 0.384 e. The molecule has 0 spiro atoms. The standard InChI is InChI=1S/C30H43N5O3S/c1-20-18-30(5,6)35(19-20)27-23(28(36)34-39(37,38)25-14-10-13-24(31)32-25)17-22(26(33-27)29(2,3)4)16-15-21-11-8-7-9-12-21/h10,13-17,20-21H,7-9,11-12,18-19H2,1-6H3,(H2,31,32)(H,34,36)/b16-15+/t20-/m0/s1. The minimum Gasteiger partial charge on any atom is -0.384 e. The topological polar surface area (TPSA) is 118 Å². The van der Waals surface area contributed by atoms with Crippen molar-refractivity contribution < 1.29 is 13.2 Å². The van der Waals surface area contributed by atoms with Crippen molar-refractivity contribution in [1.29, 1.82) is 0 Å². The van der Waals surface area contributed by atoms with Gasteiger partial charge in [-0.1, -0.05) is 65.2 Å². The quantitative estimate of drug-likeness (QED) is 0.471. The smallest absolute Gasteiger partial charge is 0.281 e. The van der Waals surface area contributed by atoms with Crippen LogP contribution >= 0.6 is 0 Å². The van der Waals surface area contributed by atoms with E-state index in [4.69, 9.17) is 10.7 Å². The first kappa shape index (κ1) is 29.1. The lowest BCUT2D eigenvalue weighted by Crippen LogP contribution is -2.41. The second-order valence-corrected chi connectivity index (χ2v) is 14.5. The number of nitrogen functional groups attached to an aromatic ring is 1. The van der Waals surface area contributed by atoms with Crippen LogP contribution in [0.5, 0.6) is 0 Å². The molecule has 0 radical (unpaired) electrons. The molecule has 0 bridgehead atoms. The average molecular weight is 554 g/mol. The minimum absolute atomic E-state index is 0.0603. The highest BCUT2D eigenvalue weighted by atomic mass is 32.2. The van der Waals surface area contributed by atoms with Gasteiger partial charge in [0.1, 0.15) is 11.6 Å². The van der Waals surface area contributed by atoms with Crippen molar-refractivity contribution >= 4 is 33.6 Å². The number of aromatic nitrogens is 2. The summed E-state index contributed by atoms with van der Waals surface area (Å²) in [6, 6.07) is 6.13. The molecule has 2 aromatic heterocycles. The van der Waals surface area contributed by atoms with E-state index in [0.717, 1.165) is 37.1 Å². The van der Waals surface area contributed by atoms with E-state index in [1.807, 2.05) is 6.07 Å². The van der Waals surface area contributed by atoms with Gasteiger partial charge < -0.3 is 10.6 Å². The molecule has 2 aliphatic rings. The lowest BCUT2D eigenvalue weighted by Gasteiger charge is -2.35. The van der Waals surface area contributed by atoms with E-state index in [-0.39, 0.29) is 27.4 Å². The van der Waals surface area contributed by atoms with Gasteiger partial charge in [0.15, 0.2) is 5.03 Å². The fourth-order valence-corrected chi connectivity index (χ4v) is 6.90. The SMILES string of the molecule is C[C@@H]1CN(c2nc(C(C)(C)C)c(/C=C/C3CCCCC3)cc2C(=O)NS(=O)(=O)c2cccc(N)n2)C(C)(C)C1. The molecule has 8 nitrogen and oxygen atoms in total. The number of nitrogens with zero attached hydrogens (tertiary/aromatic N) is 3. The number of sulfonamides is 1. The molecule has 1 aliphatic carbocycles. The van der Waals surface area contributed by atoms with Crippen LogP contribution in [0.25, 0.3) is 6.08 Å². The average Bonchev–Trinajstić information content (AvgIpc) is 3.13. The Labute approximate surface area is 233 Å². The monoisotopic (exact) mass is 553 g/mol. The van der Waals surface area contributed by atoms with Gasteiger partial charge in [-0.2, -0.15) is 8.42 Å². The highest BCUT2D eigenvalue weighted by Gasteiger charge is 2.40. The Morgan fingerprint density at radius 3 is 2.44 bits per heavy atom. The molecule has 9 heteroatoms. The van der Waals surface area contributed by atoms with Crippen molar-refractivity contribution in [3.05, 3.63) is 47.2 Å². The molecular formula is C30H43N5O3S. The molecule has 1 saturated carbocycles. The molecular weight excluding hydrogens is 510 g/mol. The molecule has 39 heavy (non-hydrogen) atoms. The Kier molecular flexibility index (Phi) is 8.13. The van der Waals surface area contributed by atoms with E-state index in [2.05, 4.69) is 68.3 Å². The van der Waals surface area contributed by atoms with Crippen molar-refractivity contribution in [1.82, 2.24) is 14.7 Å². The second kappa shape index (κ2) is 10.9. The van der Waals surface area contributed by atoms with Gasteiger partial charge in [-0.05, 0) is 68.7 Å². The van der Waals surface area contributed by atoms with Gasteiger partial charge in [0.25, 0.3) is 15.9 Å². The summed E-state index contributed by atoms with van der Waals surface area (Å²) in [4.78, 5) is 25.0. The van der Waals surface area contributed by atoms with Gasteiger partial charge in [0.2, 0.25) is 0 Å². The van der Waals surface area contributed by atoms with Crippen molar-refractivity contribution in [2.75, 3.05) is 17.2 Å². The molecule has 3 N–H and O–H groups in total.